The molecule has 1 amide bonds. The molecular weight excluding hydrogens is 532 g/mol. The molecule has 1 aliphatic heterocycles. The predicted octanol–water partition coefficient (Wildman–Crippen LogP) is 5.65. The van der Waals surface area contributed by atoms with Crippen molar-refractivity contribution >= 4 is 23.7 Å². The van der Waals surface area contributed by atoms with Gasteiger partial charge in [0.25, 0.3) is 0 Å². The highest BCUT2D eigenvalue weighted by molar-refractivity contribution is 7.99. The van der Waals surface area contributed by atoms with Crippen LogP contribution in [0, 0.1) is 0 Å². The number of rotatable bonds is 9. The molecule has 0 unspecified atom stereocenters. The number of hydrogen-bond donors (Lipinski definition) is 1. The SMILES string of the molecule is COc1ccccc1Sc1ccc(/C=C/CN2CCN(CCNC(C)=O)CC2)c(C(F)(F)F)c1C(F)(F)F. The van der Waals surface area contributed by atoms with Crippen LogP contribution in [0.5, 0.6) is 5.75 Å². The second-order valence-electron chi connectivity index (χ2n) is 8.68. The normalized spacial score (nSPS) is 15.7. The van der Waals surface area contributed by atoms with Gasteiger partial charge in [-0.1, -0.05) is 42.1 Å². The number of nitrogens with zero attached hydrogens (tertiary/aromatic N) is 2. The molecule has 208 valence electrons. The number of amides is 1. The Balaban J connectivity index is 1.80. The number of hydrogen-bond acceptors (Lipinski definition) is 5. The maximum Gasteiger partial charge on any atom is 0.418 e. The van der Waals surface area contributed by atoms with Gasteiger partial charge in [-0.3, -0.25) is 14.6 Å². The number of carbonyl (C=O) groups is 1. The largest absolute Gasteiger partial charge is 0.496 e. The minimum absolute atomic E-state index is 0.105. The number of nitrogens with one attached hydrogen (secondary N) is 1. The average Bonchev–Trinajstić information content (AvgIpc) is 2.84. The fraction of sp³-hybridized carbons (Fsp3) is 0.423. The summed E-state index contributed by atoms with van der Waals surface area (Å²) >= 11 is 0.580. The van der Waals surface area contributed by atoms with Crippen molar-refractivity contribution in [3.63, 3.8) is 0 Å². The Morgan fingerprint density at radius 2 is 1.58 bits per heavy atom. The van der Waals surface area contributed by atoms with Crippen LogP contribution in [0.4, 0.5) is 26.3 Å². The lowest BCUT2D eigenvalue weighted by molar-refractivity contribution is -0.163. The van der Waals surface area contributed by atoms with Crippen molar-refractivity contribution in [1.82, 2.24) is 15.1 Å². The second-order valence-corrected chi connectivity index (χ2v) is 9.76. The van der Waals surface area contributed by atoms with Crippen molar-refractivity contribution < 1.29 is 35.9 Å². The van der Waals surface area contributed by atoms with Gasteiger partial charge in [-0.15, -0.1) is 0 Å². The molecule has 5 nitrogen and oxygen atoms in total. The molecule has 0 radical (unpaired) electrons. The third kappa shape index (κ3) is 8.15. The van der Waals surface area contributed by atoms with E-state index < -0.39 is 33.9 Å². The van der Waals surface area contributed by atoms with Gasteiger partial charge in [-0.05, 0) is 23.8 Å². The van der Waals surface area contributed by atoms with Crippen molar-refractivity contribution in [3.8, 4) is 5.75 Å². The average molecular weight is 562 g/mol. The molecule has 1 fully saturated rings. The number of alkyl halides is 6. The number of para-hydroxylation sites is 1. The first-order valence-corrected chi connectivity index (χ1v) is 12.7. The van der Waals surface area contributed by atoms with Crippen LogP contribution in [0.15, 0.2) is 52.3 Å². The number of carbonyl (C=O) groups excluding carboxylic acids is 1. The highest BCUT2D eigenvalue weighted by Crippen LogP contribution is 2.49. The molecule has 0 spiro atoms. The Bertz CT molecular complexity index is 1130. The summed E-state index contributed by atoms with van der Waals surface area (Å²) < 4.78 is 89.6. The molecule has 0 aromatic heterocycles. The zero-order chi connectivity index (χ0) is 27.9. The van der Waals surface area contributed by atoms with Crippen molar-refractivity contribution in [2.45, 2.75) is 29.1 Å². The Hall–Kier alpha value is -2.70. The highest BCUT2D eigenvalue weighted by atomic mass is 32.2. The van der Waals surface area contributed by atoms with Crippen LogP contribution in [-0.4, -0.2) is 68.6 Å². The fourth-order valence-corrected chi connectivity index (χ4v) is 5.24. The zero-order valence-corrected chi connectivity index (χ0v) is 21.8. The van der Waals surface area contributed by atoms with Gasteiger partial charge in [-0.25, -0.2) is 0 Å². The summed E-state index contributed by atoms with van der Waals surface area (Å²) in [5.74, 6) is 0.158. The maximum atomic E-state index is 14.1. The Morgan fingerprint density at radius 3 is 2.18 bits per heavy atom. The predicted molar refractivity (Wildman–Crippen MR) is 134 cm³/mol. The van der Waals surface area contributed by atoms with E-state index in [1.165, 1.54) is 32.2 Å². The quantitative estimate of drug-likeness (QED) is 0.401. The molecule has 0 aliphatic carbocycles. The van der Waals surface area contributed by atoms with E-state index in [1.54, 1.807) is 12.1 Å². The maximum absolute atomic E-state index is 14.1. The lowest BCUT2D eigenvalue weighted by Gasteiger charge is -2.34. The minimum atomic E-state index is -5.23. The molecule has 0 bridgehead atoms. The van der Waals surface area contributed by atoms with Gasteiger partial charge >= 0.3 is 12.4 Å². The van der Waals surface area contributed by atoms with E-state index in [-0.39, 0.29) is 16.6 Å². The number of benzene rings is 2. The summed E-state index contributed by atoms with van der Waals surface area (Å²) in [6.45, 7) is 5.70. The molecule has 38 heavy (non-hydrogen) atoms. The molecule has 12 heteroatoms. The van der Waals surface area contributed by atoms with Crippen molar-refractivity contribution in [1.29, 1.82) is 0 Å². The standard InChI is InChI=1S/C26H29F6N3O2S/c1-18(36)33-11-13-35-16-14-34(15-17-35)12-5-6-19-9-10-22(38-21-8-4-3-7-20(21)37-2)24(26(30,31)32)23(19)25(27,28)29/h3-10H,11-17H2,1-2H3,(H,33,36)/b6-5+. The molecule has 1 aliphatic rings. The number of methoxy groups -OCH3 is 1. The third-order valence-corrected chi connectivity index (χ3v) is 7.10. The van der Waals surface area contributed by atoms with Gasteiger partial charge in [-0.2, -0.15) is 26.3 Å². The van der Waals surface area contributed by atoms with Crippen LogP contribution in [0.3, 0.4) is 0 Å². The first-order valence-electron chi connectivity index (χ1n) is 11.9. The van der Waals surface area contributed by atoms with E-state index in [1.807, 2.05) is 4.90 Å². The van der Waals surface area contributed by atoms with E-state index >= 15 is 0 Å². The minimum Gasteiger partial charge on any atom is -0.496 e. The lowest BCUT2D eigenvalue weighted by atomic mass is 9.99. The van der Waals surface area contributed by atoms with Gasteiger partial charge in [0.1, 0.15) is 5.75 Å². The highest BCUT2D eigenvalue weighted by Gasteiger charge is 2.46. The Morgan fingerprint density at radius 1 is 0.947 bits per heavy atom. The molecule has 2 aromatic rings. The van der Waals surface area contributed by atoms with Crippen LogP contribution in [0.1, 0.15) is 23.6 Å². The van der Waals surface area contributed by atoms with E-state index in [4.69, 9.17) is 4.74 Å². The van der Waals surface area contributed by atoms with Crippen LogP contribution in [-0.2, 0) is 17.1 Å². The van der Waals surface area contributed by atoms with E-state index in [0.717, 1.165) is 18.2 Å². The van der Waals surface area contributed by atoms with Gasteiger partial charge in [0.15, 0.2) is 0 Å². The van der Waals surface area contributed by atoms with Gasteiger partial charge < -0.3 is 10.1 Å². The van der Waals surface area contributed by atoms with Crippen molar-refractivity contribution in [3.05, 3.63) is 59.2 Å². The summed E-state index contributed by atoms with van der Waals surface area (Å²) in [5.41, 5.74) is -3.96. The summed E-state index contributed by atoms with van der Waals surface area (Å²) in [4.78, 5) is 14.9. The van der Waals surface area contributed by atoms with Gasteiger partial charge in [0.2, 0.25) is 5.91 Å². The number of halogens is 6. The molecule has 3 rings (SSSR count). The molecule has 1 heterocycles. The Labute approximate surface area is 221 Å². The number of piperazine rings is 1. The van der Waals surface area contributed by atoms with Gasteiger partial charge in [0.05, 0.1) is 23.1 Å². The molecule has 2 aromatic carbocycles. The fourth-order valence-electron chi connectivity index (χ4n) is 4.15. The zero-order valence-electron chi connectivity index (χ0n) is 21.0. The second kappa shape index (κ2) is 12.9. The smallest absolute Gasteiger partial charge is 0.418 e. The first kappa shape index (κ1) is 29.9. The van der Waals surface area contributed by atoms with E-state index in [0.29, 0.717) is 57.6 Å². The molecule has 1 saturated heterocycles. The summed E-state index contributed by atoms with van der Waals surface area (Å²) in [6, 6.07) is 8.36. The number of ether oxygens (including phenoxy) is 1. The first-order chi connectivity index (χ1) is 17.9. The van der Waals surface area contributed by atoms with Gasteiger partial charge in [0, 0.05) is 57.6 Å². The van der Waals surface area contributed by atoms with Crippen LogP contribution < -0.4 is 10.1 Å². The van der Waals surface area contributed by atoms with Crippen LogP contribution in [0.2, 0.25) is 0 Å². The molecule has 0 atom stereocenters. The molecule has 0 saturated carbocycles. The van der Waals surface area contributed by atoms with Crippen molar-refractivity contribution in [2.75, 3.05) is 52.9 Å². The van der Waals surface area contributed by atoms with Crippen LogP contribution in [0.25, 0.3) is 6.08 Å². The summed E-state index contributed by atoms with van der Waals surface area (Å²) in [6.07, 6.45) is -7.88. The van der Waals surface area contributed by atoms with E-state index in [9.17, 15) is 31.1 Å². The third-order valence-electron chi connectivity index (χ3n) is 5.98. The molecular formula is C26H29F6N3O2S. The lowest BCUT2D eigenvalue weighted by Crippen LogP contribution is -2.48. The topological polar surface area (TPSA) is 44.8 Å². The van der Waals surface area contributed by atoms with E-state index in [2.05, 4.69) is 10.2 Å². The van der Waals surface area contributed by atoms with Crippen LogP contribution >= 0.6 is 11.8 Å². The Kier molecular flexibility index (Phi) is 10.1. The van der Waals surface area contributed by atoms with Crippen molar-refractivity contribution in [2.24, 2.45) is 0 Å². The monoisotopic (exact) mass is 561 g/mol. The summed E-state index contributed by atoms with van der Waals surface area (Å²) in [7, 11) is 1.34. The molecule has 1 N–H and O–H groups in total. The summed E-state index contributed by atoms with van der Waals surface area (Å²) in [5, 5.41) is 2.73.